The molecule has 1 saturated heterocycles. The maximum Gasteiger partial charge on any atom is 0.0845 e. The molecule has 1 atom stereocenters. The Morgan fingerprint density at radius 1 is 1.33 bits per heavy atom. The molecule has 2 heteroatoms. The second kappa shape index (κ2) is 3.15. The Bertz CT molecular complexity index is 266. The zero-order chi connectivity index (χ0) is 8.39. The maximum atomic E-state index is 5.82. The Morgan fingerprint density at radius 3 is 2.83 bits per heavy atom. The number of para-hydroxylation sites is 1. The Kier molecular flexibility index (Phi) is 2.00. The second-order valence-electron chi connectivity index (χ2n) is 3.13. The van der Waals surface area contributed by atoms with Crippen molar-refractivity contribution in [2.45, 2.75) is 18.9 Å². The molecule has 0 aromatic heterocycles. The molecule has 1 aromatic rings. The van der Waals surface area contributed by atoms with E-state index in [0.29, 0.717) is 0 Å². The minimum atomic E-state index is 0.242. The molecule has 1 aliphatic heterocycles. The van der Waals surface area contributed by atoms with Crippen molar-refractivity contribution in [1.29, 1.82) is 0 Å². The molecule has 2 N–H and O–H groups in total. The molecular weight excluding hydrogens is 150 g/mol. The van der Waals surface area contributed by atoms with Crippen LogP contribution in [0, 0.1) is 0 Å². The zero-order valence-electron chi connectivity index (χ0n) is 6.99. The monoisotopic (exact) mass is 163 g/mol. The predicted octanol–water partition coefficient (Wildman–Crippen LogP) is 2.12. The van der Waals surface area contributed by atoms with Crippen molar-refractivity contribution < 1.29 is 4.74 Å². The number of hydrogen-bond acceptors (Lipinski definition) is 2. The minimum Gasteiger partial charge on any atom is -0.398 e. The highest BCUT2D eigenvalue weighted by molar-refractivity contribution is 5.47. The van der Waals surface area contributed by atoms with Gasteiger partial charge in [0, 0.05) is 17.9 Å². The van der Waals surface area contributed by atoms with Crippen LogP contribution in [0.5, 0.6) is 0 Å². The first kappa shape index (κ1) is 7.62. The summed E-state index contributed by atoms with van der Waals surface area (Å²) in [6, 6.07) is 7.93. The fraction of sp³-hybridized carbons (Fsp3) is 0.400. The van der Waals surface area contributed by atoms with Gasteiger partial charge in [-0.25, -0.2) is 0 Å². The number of rotatable bonds is 1. The molecule has 0 radical (unpaired) electrons. The van der Waals surface area contributed by atoms with Gasteiger partial charge < -0.3 is 10.5 Å². The quantitative estimate of drug-likeness (QED) is 0.643. The predicted molar refractivity (Wildman–Crippen MR) is 48.8 cm³/mol. The van der Waals surface area contributed by atoms with Gasteiger partial charge in [-0.15, -0.1) is 0 Å². The molecule has 0 aliphatic carbocycles. The minimum absolute atomic E-state index is 0.242. The number of nitrogen functional groups attached to an aromatic ring is 1. The van der Waals surface area contributed by atoms with Gasteiger partial charge in [0.1, 0.15) is 0 Å². The van der Waals surface area contributed by atoms with E-state index in [1.54, 1.807) is 0 Å². The van der Waals surface area contributed by atoms with Crippen molar-refractivity contribution in [3.63, 3.8) is 0 Å². The SMILES string of the molecule is Nc1ccccc1[C@@H]1CCCO1. The molecule has 2 rings (SSSR count). The van der Waals surface area contributed by atoms with Crippen molar-refractivity contribution in [3.05, 3.63) is 29.8 Å². The Hall–Kier alpha value is -1.02. The molecule has 2 nitrogen and oxygen atoms in total. The number of benzene rings is 1. The van der Waals surface area contributed by atoms with Crippen LogP contribution in [-0.4, -0.2) is 6.61 Å². The summed E-state index contributed by atoms with van der Waals surface area (Å²) < 4.78 is 5.54. The van der Waals surface area contributed by atoms with Gasteiger partial charge in [-0.2, -0.15) is 0 Å². The Labute approximate surface area is 72.3 Å². The van der Waals surface area contributed by atoms with Gasteiger partial charge in [0.25, 0.3) is 0 Å². The van der Waals surface area contributed by atoms with Crippen molar-refractivity contribution in [2.75, 3.05) is 12.3 Å². The first-order chi connectivity index (χ1) is 5.88. The summed E-state index contributed by atoms with van der Waals surface area (Å²) in [5.74, 6) is 0. The lowest BCUT2D eigenvalue weighted by Gasteiger charge is -2.11. The van der Waals surface area contributed by atoms with E-state index in [1.165, 1.54) is 0 Å². The molecular formula is C10H13NO. The summed E-state index contributed by atoms with van der Waals surface area (Å²) >= 11 is 0. The molecule has 0 bridgehead atoms. The molecule has 1 aliphatic rings. The maximum absolute atomic E-state index is 5.82. The van der Waals surface area contributed by atoms with Crippen LogP contribution in [0.15, 0.2) is 24.3 Å². The summed E-state index contributed by atoms with van der Waals surface area (Å²) in [5.41, 5.74) is 7.82. The van der Waals surface area contributed by atoms with Gasteiger partial charge in [0.05, 0.1) is 6.10 Å². The van der Waals surface area contributed by atoms with E-state index >= 15 is 0 Å². The van der Waals surface area contributed by atoms with Crippen LogP contribution in [0.25, 0.3) is 0 Å². The van der Waals surface area contributed by atoms with Crippen molar-refractivity contribution in [1.82, 2.24) is 0 Å². The van der Waals surface area contributed by atoms with Crippen LogP contribution in [0.4, 0.5) is 5.69 Å². The molecule has 1 fully saturated rings. The zero-order valence-corrected chi connectivity index (χ0v) is 6.99. The van der Waals surface area contributed by atoms with E-state index in [-0.39, 0.29) is 6.10 Å². The highest BCUT2D eigenvalue weighted by Gasteiger charge is 2.18. The molecule has 12 heavy (non-hydrogen) atoms. The van der Waals surface area contributed by atoms with E-state index in [9.17, 15) is 0 Å². The summed E-state index contributed by atoms with van der Waals surface area (Å²) in [6.07, 6.45) is 2.50. The molecule has 1 aromatic carbocycles. The lowest BCUT2D eigenvalue weighted by Crippen LogP contribution is -2.00. The Morgan fingerprint density at radius 2 is 2.17 bits per heavy atom. The Balaban J connectivity index is 2.26. The van der Waals surface area contributed by atoms with Crippen LogP contribution in [0.1, 0.15) is 24.5 Å². The fourth-order valence-corrected chi connectivity index (χ4v) is 1.63. The third-order valence-corrected chi connectivity index (χ3v) is 2.27. The van der Waals surface area contributed by atoms with Gasteiger partial charge >= 0.3 is 0 Å². The number of nitrogens with two attached hydrogens (primary N) is 1. The van der Waals surface area contributed by atoms with Crippen LogP contribution in [-0.2, 0) is 4.74 Å². The lowest BCUT2D eigenvalue weighted by atomic mass is 10.1. The summed E-state index contributed by atoms with van der Waals surface area (Å²) in [6.45, 7) is 0.874. The molecule has 64 valence electrons. The van der Waals surface area contributed by atoms with Crippen LogP contribution >= 0.6 is 0 Å². The van der Waals surface area contributed by atoms with Crippen molar-refractivity contribution >= 4 is 5.69 Å². The summed E-state index contributed by atoms with van der Waals surface area (Å²) in [4.78, 5) is 0. The first-order valence-corrected chi connectivity index (χ1v) is 4.34. The van der Waals surface area contributed by atoms with E-state index < -0.39 is 0 Å². The van der Waals surface area contributed by atoms with Gasteiger partial charge in [-0.3, -0.25) is 0 Å². The number of anilines is 1. The number of hydrogen-bond donors (Lipinski definition) is 1. The lowest BCUT2D eigenvalue weighted by molar-refractivity contribution is 0.112. The highest BCUT2D eigenvalue weighted by Crippen LogP contribution is 2.31. The van der Waals surface area contributed by atoms with E-state index in [1.807, 2.05) is 24.3 Å². The fourth-order valence-electron chi connectivity index (χ4n) is 1.63. The van der Waals surface area contributed by atoms with Gasteiger partial charge in [-0.05, 0) is 18.9 Å². The van der Waals surface area contributed by atoms with Crippen LogP contribution in [0.3, 0.4) is 0 Å². The second-order valence-corrected chi connectivity index (χ2v) is 3.13. The van der Waals surface area contributed by atoms with E-state index in [0.717, 1.165) is 30.7 Å². The van der Waals surface area contributed by atoms with Crippen molar-refractivity contribution in [2.24, 2.45) is 0 Å². The molecule has 0 unspecified atom stereocenters. The van der Waals surface area contributed by atoms with Gasteiger partial charge in [0.2, 0.25) is 0 Å². The molecule has 0 amide bonds. The van der Waals surface area contributed by atoms with Crippen molar-refractivity contribution in [3.8, 4) is 0 Å². The third-order valence-electron chi connectivity index (χ3n) is 2.27. The van der Waals surface area contributed by atoms with Gasteiger partial charge in [0.15, 0.2) is 0 Å². The standard InChI is InChI=1S/C10H13NO/c11-9-5-2-1-4-8(9)10-6-3-7-12-10/h1-2,4-5,10H,3,6-7,11H2/t10-/m0/s1. The third kappa shape index (κ3) is 1.30. The average Bonchev–Trinajstić information content (AvgIpc) is 2.57. The largest absolute Gasteiger partial charge is 0.398 e. The average molecular weight is 163 g/mol. The molecule has 0 saturated carbocycles. The van der Waals surface area contributed by atoms with Crippen LogP contribution in [0.2, 0.25) is 0 Å². The summed E-state index contributed by atoms with van der Waals surface area (Å²) in [5, 5.41) is 0. The van der Waals surface area contributed by atoms with Gasteiger partial charge in [-0.1, -0.05) is 18.2 Å². The molecule has 1 heterocycles. The smallest absolute Gasteiger partial charge is 0.0845 e. The highest BCUT2D eigenvalue weighted by atomic mass is 16.5. The van der Waals surface area contributed by atoms with E-state index in [4.69, 9.17) is 10.5 Å². The topological polar surface area (TPSA) is 35.2 Å². The van der Waals surface area contributed by atoms with Crippen LogP contribution < -0.4 is 5.73 Å². The summed E-state index contributed by atoms with van der Waals surface area (Å²) in [7, 11) is 0. The normalized spacial score (nSPS) is 22.8. The van der Waals surface area contributed by atoms with E-state index in [2.05, 4.69) is 0 Å². The first-order valence-electron chi connectivity index (χ1n) is 4.34. The molecule has 0 spiro atoms. The number of ether oxygens (including phenoxy) is 1.